The van der Waals surface area contributed by atoms with Crippen molar-refractivity contribution in [3.05, 3.63) is 52.3 Å². The maximum absolute atomic E-state index is 11.8. The smallest absolute Gasteiger partial charge is 0.287 e. The third kappa shape index (κ3) is 4.51. The zero-order chi connectivity index (χ0) is 15.9. The van der Waals surface area contributed by atoms with E-state index in [0.717, 1.165) is 5.69 Å². The van der Waals surface area contributed by atoms with Crippen LogP contribution < -0.4 is 10.6 Å². The van der Waals surface area contributed by atoms with Gasteiger partial charge in [0.2, 0.25) is 5.91 Å². The van der Waals surface area contributed by atoms with Crippen molar-refractivity contribution in [2.75, 3.05) is 17.2 Å². The van der Waals surface area contributed by atoms with E-state index in [2.05, 4.69) is 20.6 Å². The number of anilines is 2. The lowest BCUT2D eigenvalue weighted by Gasteiger charge is -2.06. The average Bonchev–Trinajstić information content (AvgIpc) is 2.47. The van der Waals surface area contributed by atoms with Crippen LogP contribution in [0.4, 0.5) is 17.3 Å². The Balaban J connectivity index is 1.78. The van der Waals surface area contributed by atoms with Gasteiger partial charge in [0.15, 0.2) is 0 Å². The van der Waals surface area contributed by atoms with Gasteiger partial charge in [-0.2, -0.15) is 0 Å². The predicted octanol–water partition coefficient (Wildman–Crippen LogP) is 2.13. The van der Waals surface area contributed by atoms with Crippen molar-refractivity contribution < 1.29 is 9.72 Å². The first-order chi connectivity index (χ1) is 10.5. The third-order valence-electron chi connectivity index (χ3n) is 2.77. The first-order valence-electron chi connectivity index (χ1n) is 6.62. The molecule has 0 aliphatic heterocycles. The highest BCUT2D eigenvalue weighted by Crippen LogP contribution is 2.11. The fraction of sp³-hybridized carbons (Fsp3) is 0.214. The van der Waals surface area contributed by atoms with Crippen molar-refractivity contribution in [2.24, 2.45) is 0 Å². The topological polar surface area (TPSA) is 110 Å². The molecule has 0 fully saturated rings. The predicted molar refractivity (Wildman–Crippen MR) is 81.6 cm³/mol. The van der Waals surface area contributed by atoms with Crippen LogP contribution in [0.15, 0.2) is 36.5 Å². The summed E-state index contributed by atoms with van der Waals surface area (Å²) in [5, 5.41) is 16.1. The number of carbonyl (C=O) groups is 1. The third-order valence-corrected chi connectivity index (χ3v) is 2.77. The van der Waals surface area contributed by atoms with Crippen LogP contribution in [0.25, 0.3) is 0 Å². The molecule has 8 nitrogen and oxygen atoms in total. The molecule has 114 valence electrons. The fourth-order valence-electron chi connectivity index (χ4n) is 1.72. The maximum Gasteiger partial charge on any atom is 0.287 e. The van der Waals surface area contributed by atoms with E-state index in [1.54, 1.807) is 6.07 Å². The van der Waals surface area contributed by atoms with Crippen LogP contribution in [0.2, 0.25) is 0 Å². The first-order valence-corrected chi connectivity index (χ1v) is 6.62. The molecule has 8 heteroatoms. The second-order valence-electron chi connectivity index (χ2n) is 4.55. The lowest BCUT2D eigenvalue weighted by Crippen LogP contribution is -2.17. The Hall–Kier alpha value is -3.03. The van der Waals surface area contributed by atoms with E-state index in [1.165, 1.54) is 18.3 Å². The molecule has 0 atom stereocenters. The highest BCUT2D eigenvalue weighted by molar-refractivity contribution is 5.90. The van der Waals surface area contributed by atoms with Gasteiger partial charge in [0.25, 0.3) is 5.69 Å². The van der Waals surface area contributed by atoms with Crippen LogP contribution >= 0.6 is 0 Å². The molecule has 1 amide bonds. The van der Waals surface area contributed by atoms with Crippen LogP contribution in [0.5, 0.6) is 0 Å². The van der Waals surface area contributed by atoms with Crippen molar-refractivity contribution >= 4 is 23.2 Å². The Morgan fingerprint density at radius 1 is 1.27 bits per heavy atom. The summed E-state index contributed by atoms with van der Waals surface area (Å²) in [5.41, 5.74) is 0.750. The standard InChI is InChI=1S/C14H15N5O3/c1-10-3-2-4-13(17-10)18-14(20)7-8-15-12-6-5-11(9-16-12)19(21)22/h2-6,9H,7-8H2,1H3,(H,15,16)(H,17,18,20). The molecule has 2 rings (SSSR count). The van der Waals surface area contributed by atoms with Gasteiger partial charge in [-0.25, -0.2) is 9.97 Å². The van der Waals surface area contributed by atoms with E-state index < -0.39 is 4.92 Å². The Morgan fingerprint density at radius 2 is 2.09 bits per heavy atom. The molecule has 0 radical (unpaired) electrons. The van der Waals surface area contributed by atoms with Gasteiger partial charge in [-0.3, -0.25) is 14.9 Å². The lowest BCUT2D eigenvalue weighted by atomic mass is 10.3. The first kappa shape index (κ1) is 15.4. The molecule has 0 saturated carbocycles. The van der Waals surface area contributed by atoms with E-state index in [9.17, 15) is 14.9 Å². The Bertz CT molecular complexity index is 672. The number of rotatable bonds is 6. The number of hydrogen-bond acceptors (Lipinski definition) is 6. The number of carbonyl (C=O) groups excluding carboxylic acids is 1. The molecule has 0 aromatic carbocycles. The van der Waals surface area contributed by atoms with E-state index in [-0.39, 0.29) is 18.0 Å². The maximum atomic E-state index is 11.8. The number of nitro groups is 1. The highest BCUT2D eigenvalue weighted by atomic mass is 16.6. The molecular formula is C14H15N5O3. The normalized spacial score (nSPS) is 10.0. The summed E-state index contributed by atoms with van der Waals surface area (Å²) < 4.78 is 0. The Morgan fingerprint density at radius 3 is 2.73 bits per heavy atom. The van der Waals surface area contributed by atoms with Crippen LogP contribution in [0.1, 0.15) is 12.1 Å². The van der Waals surface area contributed by atoms with Gasteiger partial charge >= 0.3 is 0 Å². The summed E-state index contributed by atoms with van der Waals surface area (Å²) in [6.45, 7) is 2.21. The monoisotopic (exact) mass is 301 g/mol. The number of amides is 1. The second kappa shape index (κ2) is 7.11. The number of aromatic nitrogens is 2. The molecule has 0 aliphatic rings. The van der Waals surface area contributed by atoms with Crippen LogP contribution in [-0.4, -0.2) is 27.3 Å². The van der Waals surface area contributed by atoms with Crippen molar-refractivity contribution in [3.8, 4) is 0 Å². The minimum Gasteiger partial charge on any atom is -0.370 e. The largest absolute Gasteiger partial charge is 0.370 e. The second-order valence-corrected chi connectivity index (χ2v) is 4.55. The number of aryl methyl sites for hydroxylation is 1. The van der Waals surface area contributed by atoms with Crippen molar-refractivity contribution in [3.63, 3.8) is 0 Å². The summed E-state index contributed by atoms with van der Waals surface area (Å²) >= 11 is 0. The number of pyridine rings is 2. The van der Waals surface area contributed by atoms with E-state index in [0.29, 0.717) is 18.2 Å². The highest BCUT2D eigenvalue weighted by Gasteiger charge is 2.06. The van der Waals surface area contributed by atoms with Crippen LogP contribution in [0, 0.1) is 17.0 Å². The molecule has 2 aromatic heterocycles. The average molecular weight is 301 g/mol. The van der Waals surface area contributed by atoms with Gasteiger partial charge in [0.05, 0.1) is 4.92 Å². The molecule has 0 aliphatic carbocycles. The van der Waals surface area contributed by atoms with E-state index in [4.69, 9.17) is 0 Å². The van der Waals surface area contributed by atoms with Crippen LogP contribution in [-0.2, 0) is 4.79 Å². The minimum atomic E-state index is -0.515. The molecule has 0 bridgehead atoms. The molecule has 2 N–H and O–H groups in total. The van der Waals surface area contributed by atoms with Crippen molar-refractivity contribution in [2.45, 2.75) is 13.3 Å². The van der Waals surface area contributed by atoms with Gasteiger partial charge in [-0.1, -0.05) is 6.07 Å². The van der Waals surface area contributed by atoms with Gasteiger partial charge in [0.1, 0.15) is 17.8 Å². The van der Waals surface area contributed by atoms with Crippen LogP contribution in [0.3, 0.4) is 0 Å². The zero-order valence-corrected chi connectivity index (χ0v) is 11.9. The lowest BCUT2D eigenvalue weighted by molar-refractivity contribution is -0.385. The summed E-state index contributed by atoms with van der Waals surface area (Å²) in [7, 11) is 0. The molecule has 2 heterocycles. The number of nitrogens with zero attached hydrogens (tertiary/aromatic N) is 3. The molecular weight excluding hydrogens is 286 g/mol. The number of nitrogens with one attached hydrogen (secondary N) is 2. The van der Waals surface area contributed by atoms with Crippen molar-refractivity contribution in [1.82, 2.24) is 9.97 Å². The molecule has 0 saturated heterocycles. The SMILES string of the molecule is Cc1cccc(NC(=O)CCNc2ccc([N+](=O)[O-])cn2)n1. The van der Waals surface area contributed by atoms with Gasteiger partial charge in [0, 0.05) is 24.7 Å². The van der Waals surface area contributed by atoms with E-state index >= 15 is 0 Å². The van der Waals surface area contributed by atoms with Crippen molar-refractivity contribution in [1.29, 1.82) is 0 Å². The molecule has 0 spiro atoms. The summed E-state index contributed by atoms with van der Waals surface area (Å²) in [4.78, 5) is 29.8. The zero-order valence-electron chi connectivity index (χ0n) is 11.9. The summed E-state index contributed by atoms with van der Waals surface area (Å²) in [6, 6.07) is 8.23. The summed E-state index contributed by atoms with van der Waals surface area (Å²) in [6.07, 6.45) is 1.40. The Kier molecular flexibility index (Phi) is 4.97. The summed E-state index contributed by atoms with van der Waals surface area (Å²) in [5.74, 6) is 0.818. The Labute approximate surface area is 126 Å². The van der Waals surface area contributed by atoms with Gasteiger partial charge in [-0.15, -0.1) is 0 Å². The minimum absolute atomic E-state index is 0.0752. The molecule has 0 unspecified atom stereocenters. The number of hydrogen-bond donors (Lipinski definition) is 2. The van der Waals surface area contributed by atoms with E-state index in [1.807, 2.05) is 19.1 Å². The molecule has 2 aromatic rings. The fourth-order valence-corrected chi connectivity index (χ4v) is 1.72. The van der Waals surface area contributed by atoms with Gasteiger partial charge in [-0.05, 0) is 25.1 Å². The molecule has 22 heavy (non-hydrogen) atoms. The quantitative estimate of drug-likeness (QED) is 0.624. The van der Waals surface area contributed by atoms with Gasteiger partial charge < -0.3 is 10.6 Å².